The van der Waals surface area contributed by atoms with Crippen LogP contribution in [0.4, 0.5) is 11.4 Å². The van der Waals surface area contributed by atoms with Gasteiger partial charge >= 0.3 is 0 Å². The molecule has 3 rings (SSSR count). The van der Waals surface area contributed by atoms with Crippen molar-refractivity contribution in [3.05, 3.63) is 88.9 Å². The second-order valence-electron chi connectivity index (χ2n) is 6.60. The summed E-state index contributed by atoms with van der Waals surface area (Å²) in [6.07, 6.45) is 0. The van der Waals surface area contributed by atoms with Gasteiger partial charge in [-0.25, -0.2) is 8.42 Å². The highest BCUT2D eigenvalue weighted by Gasteiger charge is 2.27. The number of carbonyl (C=O) groups excluding carboxylic acids is 1. The molecule has 0 saturated heterocycles. The molecule has 0 bridgehead atoms. The summed E-state index contributed by atoms with van der Waals surface area (Å²) < 4.78 is 27.6. The monoisotopic (exact) mass is 428 g/mol. The molecule has 29 heavy (non-hydrogen) atoms. The predicted molar refractivity (Wildman–Crippen MR) is 117 cm³/mol. The summed E-state index contributed by atoms with van der Waals surface area (Å²) >= 11 is 5.95. The maximum absolute atomic E-state index is 13.2. The zero-order valence-electron chi connectivity index (χ0n) is 16.1. The van der Waals surface area contributed by atoms with E-state index in [1.165, 1.54) is 12.1 Å². The smallest absolute Gasteiger partial charge is 0.264 e. The van der Waals surface area contributed by atoms with E-state index in [0.29, 0.717) is 16.4 Å². The van der Waals surface area contributed by atoms with E-state index in [1.807, 2.05) is 26.0 Å². The first-order valence-electron chi connectivity index (χ1n) is 8.98. The van der Waals surface area contributed by atoms with Crippen molar-refractivity contribution in [3.8, 4) is 0 Å². The van der Waals surface area contributed by atoms with Crippen LogP contribution in [0.3, 0.4) is 0 Å². The van der Waals surface area contributed by atoms with Crippen molar-refractivity contribution < 1.29 is 13.2 Å². The van der Waals surface area contributed by atoms with E-state index in [1.54, 1.807) is 48.5 Å². The molecule has 0 radical (unpaired) electrons. The lowest BCUT2D eigenvalue weighted by atomic mass is 10.1. The minimum absolute atomic E-state index is 0.106. The van der Waals surface area contributed by atoms with Crippen LogP contribution in [0.1, 0.15) is 11.1 Å². The zero-order valence-corrected chi connectivity index (χ0v) is 17.7. The summed E-state index contributed by atoms with van der Waals surface area (Å²) in [5.41, 5.74) is 2.98. The summed E-state index contributed by atoms with van der Waals surface area (Å²) in [5.74, 6) is -0.437. The third-order valence-electron chi connectivity index (χ3n) is 4.61. The van der Waals surface area contributed by atoms with Gasteiger partial charge in [-0.05, 0) is 67.4 Å². The molecule has 0 aliphatic carbocycles. The largest absolute Gasteiger partial charge is 0.324 e. The molecule has 0 atom stereocenters. The van der Waals surface area contributed by atoms with Crippen LogP contribution in [0.5, 0.6) is 0 Å². The van der Waals surface area contributed by atoms with Crippen LogP contribution < -0.4 is 9.62 Å². The molecule has 0 fully saturated rings. The fourth-order valence-electron chi connectivity index (χ4n) is 2.85. The van der Waals surface area contributed by atoms with Gasteiger partial charge in [0, 0.05) is 10.7 Å². The third-order valence-corrected chi connectivity index (χ3v) is 6.65. The number of sulfonamides is 1. The Morgan fingerprint density at radius 3 is 2.24 bits per heavy atom. The van der Waals surface area contributed by atoms with Crippen molar-refractivity contribution in [2.24, 2.45) is 0 Å². The number of amides is 1. The number of anilines is 2. The molecule has 0 heterocycles. The highest BCUT2D eigenvalue weighted by Crippen LogP contribution is 2.25. The van der Waals surface area contributed by atoms with E-state index >= 15 is 0 Å². The van der Waals surface area contributed by atoms with Gasteiger partial charge in [0.1, 0.15) is 6.54 Å². The molecular formula is C22H21ClN2O3S. The quantitative estimate of drug-likeness (QED) is 0.613. The van der Waals surface area contributed by atoms with E-state index < -0.39 is 15.9 Å². The average Bonchev–Trinajstić information content (AvgIpc) is 2.71. The van der Waals surface area contributed by atoms with Gasteiger partial charge in [-0.1, -0.05) is 41.9 Å². The first-order valence-corrected chi connectivity index (χ1v) is 10.8. The highest BCUT2D eigenvalue weighted by atomic mass is 35.5. The van der Waals surface area contributed by atoms with Crippen molar-refractivity contribution in [1.82, 2.24) is 0 Å². The molecule has 5 nitrogen and oxygen atoms in total. The number of carbonyl (C=O) groups is 1. The van der Waals surface area contributed by atoms with Crippen LogP contribution in [0.2, 0.25) is 5.02 Å². The summed E-state index contributed by atoms with van der Waals surface area (Å²) in [6.45, 7) is 3.49. The SMILES string of the molecule is Cc1cccc(NC(=O)CN(c2ccc(Cl)cc2)S(=O)(=O)c2ccccc2)c1C. The summed E-state index contributed by atoms with van der Waals surface area (Å²) in [7, 11) is -3.94. The van der Waals surface area contributed by atoms with E-state index in [4.69, 9.17) is 11.6 Å². The van der Waals surface area contributed by atoms with E-state index in [-0.39, 0.29) is 11.4 Å². The van der Waals surface area contributed by atoms with Gasteiger partial charge in [-0.2, -0.15) is 0 Å². The van der Waals surface area contributed by atoms with Crippen molar-refractivity contribution in [1.29, 1.82) is 0 Å². The molecule has 150 valence electrons. The van der Waals surface area contributed by atoms with Gasteiger partial charge in [-0.15, -0.1) is 0 Å². The van der Waals surface area contributed by atoms with Gasteiger partial charge in [0.2, 0.25) is 5.91 Å². The second-order valence-corrected chi connectivity index (χ2v) is 8.90. The van der Waals surface area contributed by atoms with Crippen molar-refractivity contribution in [2.75, 3.05) is 16.2 Å². The van der Waals surface area contributed by atoms with E-state index in [0.717, 1.165) is 15.4 Å². The van der Waals surface area contributed by atoms with Crippen LogP contribution in [-0.4, -0.2) is 20.9 Å². The molecule has 1 amide bonds. The molecule has 0 saturated carbocycles. The lowest BCUT2D eigenvalue weighted by Crippen LogP contribution is -2.38. The van der Waals surface area contributed by atoms with Gasteiger partial charge < -0.3 is 5.32 Å². The van der Waals surface area contributed by atoms with Gasteiger partial charge in [0.05, 0.1) is 10.6 Å². The molecule has 7 heteroatoms. The minimum Gasteiger partial charge on any atom is -0.324 e. The van der Waals surface area contributed by atoms with Crippen LogP contribution >= 0.6 is 11.6 Å². The number of hydrogen-bond acceptors (Lipinski definition) is 3. The van der Waals surface area contributed by atoms with Crippen LogP contribution in [0.15, 0.2) is 77.7 Å². The number of halogens is 1. The first kappa shape index (κ1) is 20.9. The number of rotatable bonds is 6. The van der Waals surface area contributed by atoms with Crippen LogP contribution in [-0.2, 0) is 14.8 Å². The Labute approximate surface area is 176 Å². The number of nitrogens with one attached hydrogen (secondary N) is 1. The molecule has 0 aliphatic rings. The summed E-state index contributed by atoms with van der Waals surface area (Å²) in [4.78, 5) is 12.9. The van der Waals surface area contributed by atoms with Gasteiger partial charge in [0.15, 0.2) is 0 Å². The number of nitrogens with zero attached hydrogens (tertiary/aromatic N) is 1. The van der Waals surface area contributed by atoms with E-state index in [2.05, 4.69) is 5.32 Å². The molecule has 1 N–H and O–H groups in total. The second kappa shape index (κ2) is 8.68. The van der Waals surface area contributed by atoms with Gasteiger partial charge in [-0.3, -0.25) is 9.10 Å². The Balaban J connectivity index is 1.94. The predicted octanol–water partition coefficient (Wildman–Crippen LogP) is 4.79. The standard InChI is InChI=1S/C22H21ClN2O3S/c1-16-7-6-10-21(17(16)2)24-22(26)15-25(19-13-11-18(23)12-14-19)29(27,28)20-8-4-3-5-9-20/h3-14H,15H2,1-2H3,(H,24,26). The Morgan fingerprint density at radius 2 is 1.59 bits per heavy atom. The molecule has 0 aromatic heterocycles. The summed E-state index contributed by atoms with van der Waals surface area (Å²) in [5, 5.41) is 3.29. The Kier molecular flexibility index (Phi) is 6.25. The third kappa shape index (κ3) is 4.78. The molecular weight excluding hydrogens is 408 g/mol. The summed E-state index contributed by atoms with van der Waals surface area (Å²) in [6, 6.07) is 19.9. The van der Waals surface area contributed by atoms with Gasteiger partial charge in [0.25, 0.3) is 10.0 Å². The maximum Gasteiger partial charge on any atom is 0.264 e. The fourth-order valence-corrected chi connectivity index (χ4v) is 4.42. The molecule has 3 aromatic rings. The number of hydrogen-bond donors (Lipinski definition) is 1. The molecule has 0 unspecified atom stereocenters. The van der Waals surface area contributed by atoms with Crippen molar-refractivity contribution in [3.63, 3.8) is 0 Å². The Bertz CT molecular complexity index is 1110. The maximum atomic E-state index is 13.2. The average molecular weight is 429 g/mol. The first-order chi connectivity index (χ1) is 13.8. The highest BCUT2D eigenvalue weighted by molar-refractivity contribution is 7.92. The Hall–Kier alpha value is -2.83. The lowest BCUT2D eigenvalue weighted by Gasteiger charge is -2.24. The fraction of sp³-hybridized carbons (Fsp3) is 0.136. The number of benzene rings is 3. The van der Waals surface area contributed by atoms with Crippen LogP contribution in [0, 0.1) is 13.8 Å². The Morgan fingerprint density at radius 1 is 0.931 bits per heavy atom. The normalized spacial score (nSPS) is 11.1. The number of aryl methyl sites for hydroxylation is 1. The molecule has 0 spiro atoms. The topological polar surface area (TPSA) is 66.5 Å². The zero-order chi connectivity index (χ0) is 21.0. The van der Waals surface area contributed by atoms with Crippen molar-refractivity contribution >= 4 is 38.9 Å². The molecule has 0 aliphatic heterocycles. The van der Waals surface area contributed by atoms with Crippen LogP contribution in [0.25, 0.3) is 0 Å². The minimum atomic E-state index is -3.94. The molecule has 3 aromatic carbocycles. The van der Waals surface area contributed by atoms with Crippen molar-refractivity contribution in [2.45, 2.75) is 18.7 Å². The van der Waals surface area contributed by atoms with E-state index in [9.17, 15) is 13.2 Å². The lowest BCUT2D eigenvalue weighted by molar-refractivity contribution is -0.114.